The van der Waals surface area contributed by atoms with Gasteiger partial charge in [-0.2, -0.15) is 0 Å². The van der Waals surface area contributed by atoms with Crippen LogP contribution in [0.1, 0.15) is 68.7 Å². The normalized spacial score (nSPS) is 22.8. The molecule has 2 unspecified atom stereocenters. The standard InChI is InChI=1S/C23H44N4O4/c1-10-13-16(4)18(11-2)20-21(25-20)27(23(9,30)31-22(6,7)8)14-19(29)26(12-3)15-24-17(5)28/h10,13,16,18,20-21,25,30H,11-12,14-15H2,1-9H3,(H,24,28)/b13-10-/t16-,18+,20?,21?,23+/m1/s1. The average Bonchev–Trinajstić information content (AvgIpc) is 3.38. The molecular formula is C23H44N4O4. The summed E-state index contributed by atoms with van der Waals surface area (Å²) in [5.41, 5.74) is -0.599. The molecule has 1 aliphatic rings. The van der Waals surface area contributed by atoms with Crippen molar-refractivity contribution < 1.29 is 19.4 Å². The first kappa shape index (κ1) is 27.6. The van der Waals surface area contributed by atoms with Gasteiger partial charge >= 0.3 is 0 Å². The fraction of sp³-hybridized carbons (Fsp3) is 0.826. The van der Waals surface area contributed by atoms with Crippen LogP contribution in [0.25, 0.3) is 0 Å². The zero-order chi connectivity index (χ0) is 24.0. The van der Waals surface area contributed by atoms with Gasteiger partial charge in [0.1, 0.15) is 0 Å². The molecule has 0 aromatic rings. The van der Waals surface area contributed by atoms with Gasteiger partial charge in [-0.05, 0) is 46.5 Å². The third-order valence-corrected chi connectivity index (χ3v) is 5.63. The van der Waals surface area contributed by atoms with Crippen LogP contribution < -0.4 is 10.6 Å². The molecule has 1 aliphatic heterocycles. The molecule has 0 spiro atoms. The van der Waals surface area contributed by atoms with Crippen LogP contribution >= 0.6 is 0 Å². The van der Waals surface area contributed by atoms with Gasteiger partial charge in [0.2, 0.25) is 17.7 Å². The first-order chi connectivity index (χ1) is 14.3. The average molecular weight is 441 g/mol. The number of hydrogen-bond acceptors (Lipinski definition) is 6. The minimum atomic E-state index is -1.64. The van der Waals surface area contributed by atoms with Crippen LogP contribution in [0.2, 0.25) is 0 Å². The quantitative estimate of drug-likeness (QED) is 0.244. The molecule has 1 rings (SSSR count). The molecule has 5 atom stereocenters. The van der Waals surface area contributed by atoms with E-state index in [4.69, 9.17) is 4.74 Å². The van der Waals surface area contributed by atoms with Crippen molar-refractivity contribution in [2.24, 2.45) is 11.8 Å². The summed E-state index contributed by atoms with van der Waals surface area (Å²) in [6, 6.07) is 0.143. The number of carbonyl (C=O) groups excluding carboxylic acids is 2. The van der Waals surface area contributed by atoms with E-state index >= 15 is 0 Å². The maximum atomic E-state index is 13.1. The van der Waals surface area contributed by atoms with Gasteiger partial charge in [-0.25, -0.2) is 4.90 Å². The van der Waals surface area contributed by atoms with Crippen molar-refractivity contribution in [1.82, 2.24) is 20.4 Å². The zero-order valence-corrected chi connectivity index (χ0v) is 20.9. The van der Waals surface area contributed by atoms with Gasteiger partial charge in [0.15, 0.2) is 0 Å². The Kier molecular flexibility index (Phi) is 10.1. The van der Waals surface area contributed by atoms with E-state index < -0.39 is 11.5 Å². The van der Waals surface area contributed by atoms with Crippen LogP contribution in [0, 0.1) is 11.8 Å². The van der Waals surface area contributed by atoms with Crippen LogP contribution in [0.4, 0.5) is 0 Å². The number of nitrogens with one attached hydrogen (secondary N) is 2. The first-order valence-electron chi connectivity index (χ1n) is 11.4. The lowest BCUT2D eigenvalue weighted by atomic mass is 9.87. The highest BCUT2D eigenvalue weighted by atomic mass is 16.7. The maximum absolute atomic E-state index is 13.1. The molecule has 0 aromatic carbocycles. The first-order valence-corrected chi connectivity index (χ1v) is 11.4. The second-order valence-electron chi connectivity index (χ2n) is 9.51. The molecule has 0 saturated carbocycles. The van der Waals surface area contributed by atoms with Gasteiger partial charge in [-0.3, -0.25) is 14.9 Å². The predicted octanol–water partition coefficient (Wildman–Crippen LogP) is 2.25. The SMILES string of the molecule is C/C=C\[C@@H](C)[C@H](CC)C1NC1N(CC(=O)N(CC)CNC(C)=O)[C@@](C)(O)OC(C)(C)C. The Balaban J connectivity index is 3.08. The van der Waals surface area contributed by atoms with Crippen LogP contribution in [0.3, 0.4) is 0 Å². The number of aliphatic hydroxyl groups is 1. The molecule has 8 heteroatoms. The Labute approximate surface area is 188 Å². The Hall–Kier alpha value is -1.48. The summed E-state index contributed by atoms with van der Waals surface area (Å²) < 4.78 is 5.96. The van der Waals surface area contributed by atoms with Crippen LogP contribution in [0.5, 0.6) is 0 Å². The molecule has 31 heavy (non-hydrogen) atoms. The van der Waals surface area contributed by atoms with Gasteiger partial charge in [-0.1, -0.05) is 32.4 Å². The number of amides is 2. The Morgan fingerprint density at radius 3 is 2.32 bits per heavy atom. The van der Waals surface area contributed by atoms with Crippen LogP contribution in [0.15, 0.2) is 12.2 Å². The number of rotatable bonds is 12. The van der Waals surface area contributed by atoms with E-state index in [1.807, 2.05) is 34.6 Å². The van der Waals surface area contributed by atoms with E-state index in [0.29, 0.717) is 18.4 Å². The summed E-state index contributed by atoms with van der Waals surface area (Å²) >= 11 is 0. The summed E-state index contributed by atoms with van der Waals surface area (Å²) in [4.78, 5) is 27.6. The Morgan fingerprint density at radius 2 is 1.87 bits per heavy atom. The van der Waals surface area contributed by atoms with Gasteiger partial charge < -0.3 is 20.1 Å². The highest BCUT2D eigenvalue weighted by Gasteiger charge is 2.53. The monoisotopic (exact) mass is 440 g/mol. The highest BCUT2D eigenvalue weighted by molar-refractivity contribution is 5.79. The van der Waals surface area contributed by atoms with Crippen molar-refractivity contribution in [2.75, 3.05) is 19.8 Å². The van der Waals surface area contributed by atoms with Crippen molar-refractivity contribution in [1.29, 1.82) is 0 Å². The molecule has 0 bridgehead atoms. The van der Waals surface area contributed by atoms with Gasteiger partial charge in [0.25, 0.3) is 0 Å². The van der Waals surface area contributed by atoms with Crippen molar-refractivity contribution >= 4 is 11.8 Å². The van der Waals surface area contributed by atoms with Crippen molar-refractivity contribution in [3.8, 4) is 0 Å². The van der Waals surface area contributed by atoms with Crippen molar-refractivity contribution in [2.45, 2.75) is 92.5 Å². The smallest absolute Gasteiger partial charge is 0.238 e. The van der Waals surface area contributed by atoms with E-state index in [-0.39, 0.29) is 37.2 Å². The molecule has 0 radical (unpaired) electrons. The lowest BCUT2D eigenvalue weighted by Crippen LogP contribution is -2.58. The fourth-order valence-electron chi connectivity index (χ4n) is 4.15. The summed E-state index contributed by atoms with van der Waals surface area (Å²) in [7, 11) is 0. The molecule has 180 valence electrons. The number of hydrogen-bond donors (Lipinski definition) is 3. The number of nitrogens with zero attached hydrogens (tertiary/aromatic N) is 2. The highest BCUT2D eigenvalue weighted by Crippen LogP contribution is 2.36. The summed E-state index contributed by atoms with van der Waals surface area (Å²) in [5.74, 6) is -1.29. The molecule has 0 aromatic heterocycles. The summed E-state index contributed by atoms with van der Waals surface area (Å²) in [6.45, 7) is 17.4. The third kappa shape index (κ3) is 8.52. The number of allylic oxidation sites excluding steroid dienone is 2. The van der Waals surface area contributed by atoms with Crippen LogP contribution in [-0.4, -0.2) is 70.2 Å². The molecule has 2 amide bonds. The van der Waals surface area contributed by atoms with E-state index in [1.165, 1.54) is 6.92 Å². The Bertz CT molecular complexity index is 630. The van der Waals surface area contributed by atoms with Crippen LogP contribution in [-0.2, 0) is 14.3 Å². The summed E-state index contributed by atoms with van der Waals surface area (Å²) in [6.07, 6.45) is 5.05. The van der Waals surface area contributed by atoms with Gasteiger partial charge in [-0.15, -0.1) is 0 Å². The molecule has 1 saturated heterocycles. The second kappa shape index (κ2) is 11.4. The lowest BCUT2D eigenvalue weighted by Gasteiger charge is -2.41. The van der Waals surface area contributed by atoms with E-state index in [2.05, 4.69) is 36.6 Å². The number of carbonyl (C=O) groups is 2. The van der Waals surface area contributed by atoms with Gasteiger partial charge in [0, 0.05) is 26.4 Å². The van der Waals surface area contributed by atoms with E-state index in [1.54, 1.807) is 16.7 Å². The molecule has 3 N–H and O–H groups in total. The number of likely N-dealkylation sites (N-methyl/N-ethyl adjacent to an activating group) is 1. The lowest BCUT2D eigenvalue weighted by molar-refractivity contribution is -0.319. The molecule has 1 fully saturated rings. The largest absolute Gasteiger partial charge is 0.353 e. The minimum absolute atomic E-state index is 0.0287. The zero-order valence-electron chi connectivity index (χ0n) is 20.9. The van der Waals surface area contributed by atoms with E-state index in [0.717, 1.165) is 6.42 Å². The topological polar surface area (TPSA) is 104 Å². The molecule has 0 aliphatic carbocycles. The second-order valence-corrected chi connectivity index (χ2v) is 9.51. The molecule has 1 heterocycles. The van der Waals surface area contributed by atoms with E-state index in [9.17, 15) is 14.7 Å². The number of ether oxygens (including phenoxy) is 1. The summed E-state index contributed by atoms with van der Waals surface area (Å²) in [5, 5.41) is 17.4. The molecule has 8 nitrogen and oxygen atoms in total. The van der Waals surface area contributed by atoms with Gasteiger partial charge in [0.05, 0.1) is 25.0 Å². The minimum Gasteiger partial charge on any atom is -0.353 e. The predicted molar refractivity (Wildman–Crippen MR) is 123 cm³/mol. The fourth-order valence-corrected chi connectivity index (χ4v) is 4.15. The van der Waals surface area contributed by atoms with Crippen molar-refractivity contribution in [3.63, 3.8) is 0 Å². The third-order valence-electron chi connectivity index (χ3n) is 5.63. The Morgan fingerprint density at radius 1 is 1.26 bits per heavy atom. The maximum Gasteiger partial charge on any atom is 0.238 e. The van der Waals surface area contributed by atoms with Crippen molar-refractivity contribution in [3.05, 3.63) is 12.2 Å². The molecular weight excluding hydrogens is 396 g/mol.